The number of rotatable bonds is 6. The average molecular weight is 464 g/mol. The minimum absolute atomic E-state index is 0.134. The Bertz CT molecular complexity index is 1380. The highest BCUT2D eigenvalue weighted by Gasteiger charge is 2.19. The van der Waals surface area contributed by atoms with E-state index in [-0.39, 0.29) is 17.3 Å². The molecule has 0 saturated carbocycles. The summed E-state index contributed by atoms with van der Waals surface area (Å²) in [5.41, 5.74) is 0.259. The van der Waals surface area contributed by atoms with Crippen molar-refractivity contribution in [3.8, 4) is 17.2 Å². The molecule has 0 aliphatic carbocycles. The van der Waals surface area contributed by atoms with Crippen molar-refractivity contribution in [2.75, 3.05) is 12.4 Å². The van der Waals surface area contributed by atoms with Crippen LogP contribution < -0.4 is 20.3 Å². The van der Waals surface area contributed by atoms with Gasteiger partial charge in [-0.1, -0.05) is 29.8 Å². The Balaban J connectivity index is 1.72. The Morgan fingerprint density at radius 2 is 1.67 bits per heavy atom. The highest BCUT2D eigenvalue weighted by molar-refractivity contribution is 6.31. The number of amides is 1. The molecule has 1 amide bonds. The van der Waals surface area contributed by atoms with Gasteiger partial charge in [0.25, 0.3) is 11.5 Å². The summed E-state index contributed by atoms with van der Waals surface area (Å²) in [6.07, 6.45) is 0. The molecule has 1 N–H and O–H groups in total. The SMILES string of the molecule is COc1ccc(Oc2ccc(Cl)cc2NC(=O)c2nn(C(C)C)c(=O)c3ccccc23)cc1. The minimum atomic E-state index is -0.484. The van der Waals surface area contributed by atoms with Gasteiger partial charge in [-0.2, -0.15) is 5.10 Å². The Kier molecular flexibility index (Phi) is 6.33. The number of nitrogens with zero attached hydrogens (tertiary/aromatic N) is 2. The number of fused-ring (bicyclic) bond motifs is 1. The second kappa shape index (κ2) is 9.34. The maximum atomic E-state index is 13.3. The molecule has 1 heterocycles. The molecule has 7 nitrogen and oxygen atoms in total. The Labute approximate surface area is 195 Å². The molecule has 0 saturated heterocycles. The molecular weight excluding hydrogens is 442 g/mol. The van der Waals surface area contributed by atoms with E-state index in [0.717, 1.165) is 0 Å². The Hall–Kier alpha value is -3.84. The summed E-state index contributed by atoms with van der Waals surface area (Å²) >= 11 is 6.19. The summed E-state index contributed by atoms with van der Waals surface area (Å²) in [4.78, 5) is 26.1. The normalized spacial score (nSPS) is 10.9. The van der Waals surface area contributed by atoms with Crippen LogP contribution in [0.4, 0.5) is 5.69 Å². The molecule has 0 fully saturated rings. The largest absolute Gasteiger partial charge is 0.497 e. The van der Waals surface area contributed by atoms with Crippen molar-refractivity contribution in [2.45, 2.75) is 19.9 Å². The van der Waals surface area contributed by atoms with E-state index in [1.807, 2.05) is 13.8 Å². The molecule has 4 aromatic rings. The van der Waals surface area contributed by atoms with Crippen LogP contribution in [0.3, 0.4) is 0 Å². The van der Waals surface area contributed by atoms with Gasteiger partial charge in [-0.05, 0) is 62.4 Å². The number of carbonyl (C=O) groups is 1. The van der Waals surface area contributed by atoms with Crippen molar-refractivity contribution in [1.82, 2.24) is 9.78 Å². The van der Waals surface area contributed by atoms with Crippen LogP contribution in [0.5, 0.6) is 17.2 Å². The lowest BCUT2D eigenvalue weighted by atomic mass is 10.1. The van der Waals surface area contributed by atoms with Gasteiger partial charge in [-0.3, -0.25) is 9.59 Å². The van der Waals surface area contributed by atoms with Crippen LogP contribution >= 0.6 is 11.6 Å². The zero-order valence-electron chi connectivity index (χ0n) is 18.3. The molecule has 4 rings (SSSR count). The lowest BCUT2D eigenvalue weighted by Crippen LogP contribution is -2.29. The van der Waals surface area contributed by atoms with E-state index in [9.17, 15) is 9.59 Å². The smallest absolute Gasteiger partial charge is 0.276 e. The summed E-state index contributed by atoms with van der Waals surface area (Å²) in [5.74, 6) is 1.18. The number of nitrogens with one attached hydrogen (secondary N) is 1. The van der Waals surface area contributed by atoms with Crippen LogP contribution in [0.15, 0.2) is 71.5 Å². The highest BCUT2D eigenvalue weighted by Crippen LogP contribution is 2.33. The number of methoxy groups -OCH3 is 1. The fourth-order valence-corrected chi connectivity index (χ4v) is 3.54. The van der Waals surface area contributed by atoms with Crippen LogP contribution in [0, 0.1) is 0 Å². The predicted molar refractivity (Wildman–Crippen MR) is 129 cm³/mol. The number of hydrogen-bond acceptors (Lipinski definition) is 5. The van der Waals surface area contributed by atoms with Gasteiger partial charge in [0.1, 0.15) is 11.5 Å². The number of ether oxygens (including phenoxy) is 2. The monoisotopic (exact) mass is 463 g/mol. The van der Waals surface area contributed by atoms with Crippen LogP contribution in [0.1, 0.15) is 30.4 Å². The summed E-state index contributed by atoms with van der Waals surface area (Å²) < 4.78 is 12.4. The first-order chi connectivity index (χ1) is 15.9. The topological polar surface area (TPSA) is 82.4 Å². The van der Waals surface area contributed by atoms with Crippen molar-refractivity contribution < 1.29 is 14.3 Å². The number of anilines is 1. The Morgan fingerprint density at radius 1 is 1.00 bits per heavy atom. The standard InChI is InChI=1S/C25H22ClN3O4/c1-15(2)29-25(31)20-7-5-4-6-19(20)23(28-29)24(30)27-21-14-16(26)8-13-22(21)33-18-11-9-17(32-3)10-12-18/h4-15H,1-3H3,(H,27,30). The molecule has 0 bridgehead atoms. The van der Waals surface area contributed by atoms with E-state index in [1.165, 1.54) is 4.68 Å². The molecule has 1 aromatic heterocycles. The first-order valence-corrected chi connectivity index (χ1v) is 10.7. The molecule has 0 atom stereocenters. The maximum Gasteiger partial charge on any atom is 0.276 e. The second-order valence-electron chi connectivity index (χ2n) is 7.61. The molecule has 168 valence electrons. The number of aromatic nitrogens is 2. The highest BCUT2D eigenvalue weighted by atomic mass is 35.5. The van der Waals surface area contributed by atoms with Crippen molar-refractivity contribution in [2.24, 2.45) is 0 Å². The predicted octanol–water partition coefficient (Wildman–Crippen LogP) is 5.68. The molecule has 0 unspecified atom stereocenters. The fraction of sp³-hybridized carbons (Fsp3) is 0.160. The van der Waals surface area contributed by atoms with E-state index < -0.39 is 5.91 Å². The summed E-state index contributed by atoms with van der Waals surface area (Å²) in [7, 11) is 1.59. The molecule has 0 aliphatic rings. The Morgan fingerprint density at radius 3 is 2.33 bits per heavy atom. The summed E-state index contributed by atoms with van der Waals surface area (Å²) in [6, 6.07) is 18.7. The van der Waals surface area contributed by atoms with Crippen LogP contribution in [0.25, 0.3) is 10.8 Å². The third kappa shape index (κ3) is 4.68. The van der Waals surface area contributed by atoms with E-state index in [4.69, 9.17) is 21.1 Å². The second-order valence-corrected chi connectivity index (χ2v) is 8.05. The first kappa shape index (κ1) is 22.4. The molecule has 3 aromatic carbocycles. The van der Waals surface area contributed by atoms with E-state index >= 15 is 0 Å². The molecule has 0 spiro atoms. The van der Waals surface area contributed by atoms with Gasteiger partial charge < -0.3 is 14.8 Å². The van der Waals surface area contributed by atoms with Gasteiger partial charge >= 0.3 is 0 Å². The van der Waals surface area contributed by atoms with Crippen LogP contribution in [-0.4, -0.2) is 22.8 Å². The fourth-order valence-electron chi connectivity index (χ4n) is 3.37. The van der Waals surface area contributed by atoms with Gasteiger partial charge in [-0.15, -0.1) is 0 Å². The molecule has 0 radical (unpaired) electrons. The number of hydrogen-bond donors (Lipinski definition) is 1. The minimum Gasteiger partial charge on any atom is -0.497 e. The van der Waals surface area contributed by atoms with Gasteiger partial charge in [0.15, 0.2) is 11.4 Å². The molecular formula is C25H22ClN3O4. The van der Waals surface area contributed by atoms with Crippen LogP contribution in [0.2, 0.25) is 5.02 Å². The third-order valence-corrected chi connectivity index (χ3v) is 5.24. The first-order valence-electron chi connectivity index (χ1n) is 10.3. The zero-order valence-corrected chi connectivity index (χ0v) is 19.1. The van der Waals surface area contributed by atoms with E-state index in [2.05, 4.69) is 10.4 Å². The van der Waals surface area contributed by atoms with Gasteiger partial charge in [-0.25, -0.2) is 4.68 Å². The zero-order chi connectivity index (χ0) is 23.5. The summed E-state index contributed by atoms with van der Waals surface area (Å²) in [6.45, 7) is 3.67. The molecule has 0 aliphatic heterocycles. The maximum absolute atomic E-state index is 13.3. The van der Waals surface area contributed by atoms with Crippen LogP contribution in [-0.2, 0) is 0 Å². The van der Waals surface area contributed by atoms with Crippen molar-refractivity contribution >= 4 is 34.0 Å². The average Bonchev–Trinajstić information content (AvgIpc) is 2.81. The summed E-state index contributed by atoms with van der Waals surface area (Å²) in [5, 5.41) is 8.51. The third-order valence-electron chi connectivity index (χ3n) is 5.01. The van der Waals surface area contributed by atoms with Crippen molar-refractivity contribution in [1.29, 1.82) is 0 Å². The van der Waals surface area contributed by atoms with Crippen molar-refractivity contribution in [3.63, 3.8) is 0 Å². The van der Waals surface area contributed by atoms with E-state index in [1.54, 1.807) is 73.8 Å². The quantitative estimate of drug-likeness (QED) is 0.397. The van der Waals surface area contributed by atoms with Gasteiger partial charge in [0, 0.05) is 10.4 Å². The lowest BCUT2D eigenvalue weighted by Gasteiger charge is -2.15. The molecule has 8 heteroatoms. The number of carbonyl (C=O) groups excluding carboxylic acids is 1. The number of benzene rings is 3. The van der Waals surface area contributed by atoms with Gasteiger partial charge in [0.2, 0.25) is 0 Å². The van der Waals surface area contributed by atoms with E-state index in [0.29, 0.717) is 38.7 Å². The molecule has 33 heavy (non-hydrogen) atoms. The number of halogens is 1. The van der Waals surface area contributed by atoms with Crippen molar-refractivity contribution in [3.05, 3.63) is 87.8 Å². The van der Waals surface area contributed by atoms with Gasteiger partial charge in [0.05, 0.1) is 24.2 Å². The lowest BCUT2D eigenvalue weighted by molar-refractivity contribution is 0.102.